The van der Waals surface area contributed by atoms with Crippen LogP contribution in [0.3, 0.4) is 0 Å². The normalized spacial score (nSPS) is 19.9. The van der Waals surface area contributed by atoms with Gasteiger partial charge in [-0.15, -0.1) is 0 Å². The molecule has 0 radical (unpaired) electrons. The van der Waals surface area contributed by atoms with Crippen molar-refractivity contribution in [1.82, 2.24) is 10.6 Å². The van der Waals surface area contributed by atoms with Crippen LogP contribution in [-0.4, -0.2) is 41.8 Å². The van der Waals surface area contributed by atoms with Crippen LogP contribution in [0.1, 0.15) is 56.6 Å². The Balaban J connectivity index is 1.26. The van der Waals surface area contributed by atoms with Crippen molar-refractivity contribution in [2.45, 2.75) is 57.5 Å². The largest absolute Gasteiger partial charge is 0.480 e. The van der Waals surface area contributed by atoms with Gasteiger partial charge in [0.25, 0.3) is 0 Å². The van der Waals surface area contributed by atoms with Gasteiger partial charge in [-0.25, -0.2) is 9.59 Å². The van der Waals surface area contributed by atoms with Crippen molar-refractivity contribution in [3.63, 3.8) is 0 Å². The summed E-state index contributed by atoms with van der Waals surface area (Å²) in [7, 11) is 0. The van der Waals surface area contributed by atoms with Crippen molar-refractivity contribution in [2.24, 2.45) is 11.8 Å². The van der Waals surface area contributed by atoms with E-state index in [1.165, 1.54) is 22.3 Å². The third-order valence-corrected chi connectivity index (χ3v) is 6.93. The number of nitrogens with one attached hydrogen (secondary N) is 2. The molecule has 1 fully saturated rings. The fraction of sp³-hybridized carbons (Fsp3) is 0.444. The van der Waals surface area contributed by atoms with Gasteiger partial charge < -0.3 is 20.5 Å². The maximum absolute atomic E-state index is 12.5. The van der Waals surface area contributed by atoms with E-state index in [0.717, 1.165) is 12.8 Å². The summed E-state index contributed by atoms with van der Waals surface area (Å²) in [5, 5.41) is 14.8. The Kier molecular flexibility index (Phi) is 7.20. The van der Waals surface area contributed by atoms with Gasteiger partial charge in [-0.3, -0.25) is 4.79 Å². The number of ether oxygens (including phenoxy) is 1. The second-order valence-corrected chi connectivity index (χ2v) is 9.68. The van der Waals surface area contributed by atoms with E-state index >= 15 is 0 Å². The highest BCUT2D eigenvalue weighted by Gasteiger charge is 2.32. The topological polar surface area (TPSA) is 105 Å². The Labute approximate surface area is 199 Å². The van der Waals surface area contributed by atoms with Crippen molar-refractivity contribution >= 4 is 18.0 Å². The molecule has 0 saturated heterocycles. The SMILES string of the molecule is CC(C)C(NC(=O)C[C@@H]1CC[C@H](NC(=O)OCC2c3ccccc3-c3ccccc32)C1)C(=O)O. The number of rotatable bonds is 8. The zero-order valence-electron chi connectivity index (χ0n) is 19.6. The molecule has 34 heavy (non-hydrogen) atoms. The molecule has 2 amide bonds. The van der Waals surface area contributed by atoms with E-state index in [-0.39, 0.29) is 42.7 Å². The molecule has 1 unspecified atom stereocenters. The van der Waals surface area contributed by atoms with Gasteiger partial charge in [0.05, 0.1) is 0 Å². The van der Waals surface area contributed by atoms with Crippen molar-refractivity contribution in [1.29, 1.82) is 0 Å². The number of carboxylic acid groups (broad SMARTS) is 1. The lowest BCUT2D eigenvalue weighted by Gasteiger charge is -2.19. The number of aliphatic carboxylic acids is 1. The van der Waals surface area contributed by atoms with E-state index in [9.17, 15) is 19.5 Å². The molecule has 0 heterocycles. The Morgan fingerprint density at radius 1 is 1.00 bits per heavy atom. The van der Waals surface area contributed by atoms with Crippen LogP contribution < -0.4 is 10.6 Å². The highest BCUT2D eigenvalue weighted by Crippen LogP contribution is 2.44. The molecule has 180 valence electrons. The molecule has 0 aromatic heterocycles. The maximum atomic E-state index is 12.5. The van der Waals surface area contributed by atoms with E-state index in [1.807, 2.05) is 24.3 Å². The van der Waals surface area contributed by atoms with E-state index in [1.54, 1.807) is 13.8 Å². The number of hydrogen-bond donors (Lipinski definition) is 3. The minimum atomic E-state index is -1.02. The standard InChI is InChI=1S/C27H32N2O5/c1-16(2)25(26(31)32)29-24(30)14-17-11-12-18(13-17)28-27(33)34-15-23-21-9-5-3-7-19(21)20-8-4-6-10-22(20)23/h3-10,16-18,23,25H,11-15H2,1-2H3,(H,28,33)(H,29,30)(H,31,32)/t17-,18+,25?/m1/s1. The van der Waals surface area contributed by atoms with Gasteiger partial charge in [-0.2, -0.15) is 0 Å². The first kappa shape index (κ1) is 23.8. The van der Waals surface area contributed by atoms with Gasteiger partial charge in [0, 0.05) is 18.4 Å². The lowest BCUT2D eigenvalue weighted by Crippen LogP contribution is -2.44. The number of alkyl carbamates (subject to hydrolysis) is 1. The molecule has 3 atom stereocenters. The minimum Gasteiger partial charge on any atom is -0.480 e. The van der Waals surface area contributed by atoms with Crippen LogP contribution in [0, 0.1) is 11.8 Å². The van der Waals surface area contributed by atoms with Crippen LogP contribution in [0.15, 0.2) is 48.5 Å². The molecule has 2 aliphatic rings. The van der Waals surface area contributed by atoms with Crippen LogP contribution in [-0.2, 0) is 14.3 Å². The third kappa shape index (κ3) is 5.24. The molecule has 1 saturated carbocycles. The summed E-state index contributed by atoms with van der Waals surface area (Å²) >= 11 is 0. The van der Waals surface area contributed by atoms with Gasteiger partial charge in [-0.1, -0.05) is 62.4 Å². The number of amides is 2. The van der Waals surface area contributed by atoms with Crippen molar-refractivity contribution in [2.75, 3.05) is 6.61 Å². The fourth-order valence-corrected chi connectivity index (χ4v) is 5.21. The minimum absolute atomic E-state index is 0.0151. The van der Waals surface area contributed by atoms with E-state index in [4.69, 9.17) is 4.74 Å². The van der Waals surface area contributed by atoms with Crippen molar-refractivity contribution in [3.05, 3.63) is 59.7 Å². The van der Waals surface area contributed by atoms with E-state index in [0.29, 0.717) is 6.42 Å². The number of carbonyl (C=O) groups excluding carboxylic acids is 2. The average molecular weight is 465 g/mol. The lowest BCUT2D eigenvalue weighted by atomic mass is 9.98. The zero-order chi connectivity index (χ0) is 24.2. The van der Waals surface area contributed by atoms with E-state index in [2.05, 4.69) is 34.9 Å². The molecule has 4 rings (SSSR count). The summed E-state index contributed by atoms with van der Waals surface area (Å²) in [6.07, 6.45) is 2.08. The van der Waals surface area contributed by atoms with Crippen LogP contribution in [0.2, 0.25) is 0 Å². The number of fused-ring (bicyclic) bond motifs is 3. The van der Waals surface area contributed by atoms with Gasteiger partial charge >= 0.3 is 12.1 Å². The summed E-state index contributed by atoms with van der Waals surface area (Å²) in [6.45, 7) is 3.80. The van der Waals surface area contributed by atoms with Gasteiger partial charge in [0.2, 0.25) is 5.91 Å². The molecule has 2 aliphatic carbocycles. The van der Waals surface area contributed by atoms with Gasteiger partial charge in [0.1, 0.15) is 12.6 Å². The highest BCUT2D eigenvalue weighted by atomic mass is 16.5. The maximum Gasteiger partial charge on any atom is 0.407 e. The molecule has 0 bridgehead atoms. The first-order chi connectivity index (χ1) is 16.3. The first-order valence-corrected chi connectivity index (χ1v) is 12.0. The molecule has 2 aromatic rings. The van der Waals surface area contributed by atoms with Crippen LogP contribution >= 0.6 is 0 Å². The summed E-state index contributed by atoms with van der Waals surface area (Å²) in [5.41, 5.74) is 4.72. The molecule has 7 nitrogen and oxygen atoms in total. The van der Waals surface area contributed by atoms with Crippen LogP contribution in [0.5, 0.6) is 0 Å². The number of hydrogen-bond acceptors (Lipinski definition) is 4. The van der Waals surface area contributed by atoms with E-state index < -0.39 is 18.1 Å². The molecular formula is C27H32N2O5. The molecule has 0 aliphatic heterocycles. The monoisotopic (exact) mass is 464 g/mol. The summed E-state index contributed by atoms with van der Waals surface area (Å²) in [5.74, 6) is -1.34. The number of carboxylic acids is 1. The number of carbonyl (C=O) groups is 3. The Bertz CT molecular complexity index is 1020. The average Bonchev–Trinajstić information content (AvgIpc) is 3.37. The highest BCUT2D eigenvalue weighted by molar-refractivity contribution is 5.84. The molecule has 3 N–H and O–H groups in total. The summed E-state index contributed by atoms with van der Waals surface area (Å²) in [6, 6.07) is 15.5. The molecular weight excluding hydrogens is 432 g/mol. The Morgan fingerprint density at radius 3 is 2.21 bits per heavy atom. The molecule has 7 heteroatoms. The van der Waals surface area contributed by atoms with Gasteiger partial charge in [0.15, 0.2) is 0 Å². The smallest absolute Gasteiger partial charge is 0.407 e. The lowest BCUT2D eigenvalue weighted by molar-refractivity contribution is -0.143. The zero-order valence-corrected chi connectivity index (χ0v) is 19.6. The predicted octanol–water partition coefficient (Wildman–Crippen LogP) is 4.31. The third-order valence-electron chi connectivity index (χ3n) is 6.93. The molecule has 2 aromatic carbocycles. The second-order valence-electron chi connectivity index (χ2n) is 9.68. The Hall–Kier alpha value is -3.35. The molecule has 0 spiro atoms. The quantitative estimate of drug-likeness (QED) is 0.540. The summed E-state index contributed by atoms with van der Waals surface area (Å²) in [4.78, 5) is 36.1. The predicted molar refractivity (Wildman–Crippen MR) is 128 cm³/mol. The van der Waals surface area contributed by atoms with Gasteiger partial charge in [-0.05, 0) is 53.4 Å². The second kappa shape index (κ2) is 10.3. The Morgan fingerprint density at radius 2 is 1.62 bits per heavy atom. The van der Waals surface area contributed by atoms with Crippen LogP contribution in [0.4, 0.5) is 4.79 Å². The number of benzene rings is 2. The van der Waals surface area contributed by atoms with Crippen LogP contribution in [0.25, 0.3) is 11.1 Å². The first-order valence-electron chi connectivity index (χ1n) is 12.0. The fourth-order valence-electron chi connectivity index (χ4n) is 5.21. The van der Waals surface area contributed by atoms with Crippen molar-refractivity contribution < 1.29 is 24.2 Å². The summed E-state index contributed by atoms with van der Waals surface area (Å²) < 4.78 is 5.63. The van der Waals surface area contributed by atoms with Crippen molar-refractivity contribution in [3.8, 4) is 11.1 Å².